The highest BCUT2D eigenvalue weighted by Crippen LogP contribution is 2.30. The van der Waals surface area contributed by atoms with Gasteiger partial charge in [-0.05, 0) is 12.1 Å². The lowest BCUT2D eigenvalue weighted by molar-refractivity contribution is 0.0889. The van der Waals surface area contributed by atoms with Crippen LogP contribution in [-0.4, -0.2) is 18.1 Å². The Labute approximate surface area is 87.1 Å². The molecule has 2 aromatic rings. The average molecular weight is 202 g/mol. The van der Waals surface area contributed by atoms with Crippen LogP contribution in [0.1, 0.15) is 5.56 Å². The maximum absolute atomic E-state index is 14.1. The molecule has 1 aliphatic heterocycles. The molecule has 1 aromatic heterocycles. The van der Waals surface area contributed by atoms with Gasteiger partial charge in [-0.15, -0.1) is 0 Å². The van der Waals surface area contributed by atoms with Crippen LogP contribution in [0, 0.1) is 0 Å². The molecule has 0 atom stereocenters. The van der Waals surface area contributed by atoms with Crippen molar-refractivity contribution in [3.63, 3.8) is 0 Å². The molecule has 0 bridgehead atoms. The summed E-state index contributed by atoms with van der Waals surface area (Å²) in [5.74, 6) is 0. The minimum Gasteiger partial charge on any atom is -0.310 e. The van der Waals surface area contributed by atoms with Gasteiger partial charge in [-0.2, -0.15) is 0 Å². The number of rotatable bonds is 1. The summed E-state index contributed by atoms with van der Waals surface area (Å²) in [4.78, 5) is 4.26. The molecular formula is C12H11FN2. The average Bonchev–Trinajstić information content (AvgIpc) is 2.25. The minimum atomic E-state index is -1.21. The molecule has 0 radical (unpaired) electrons. The first-order chi connectivity index (χ1) is 7.28. The molecular weight excluding hydrogens is 191 g/mol. The van der Waals surface area contributed by atoms with Crippen molar-refractivity contribution in [1.29, 1.82) is 0 Å². The van der Waals surface area contributed by atoms with E-state index in [0.717, 1.165) is 10.9 Å². The molecule has 0 amide bonds. The summed E-state index contributed by atoms with van der Waals surface area (Å²) in [6.07, 6.45) is 1.64. The van der Waals surface area contributed by atoms with E-state index in [4.69, 9.17) is 0 Å². The van der Waals surface area contributed by atoms with Crippen molar-refractivity contribution in [3.8, 4) is 0 Å². The Morgan fingerprint density at radius 2 is 2.07 bits per heavy atom. The predicted molar refractivity (Wildman–Crippen MR) is 57.4 cm³/mol. The molecule has 1 saturated heterocycles. The fourth-order valence-corrected chi connectivity index (χ4v) is 1.86. The zero-order chi connectivity index (χ0) is 10.3. The number of pyridine rings is 1. The first-order valence-electron chi connectivity index (χ1n) is 5.03. The number of para-hydroxylation sites is 1. The lowest BCUT2D eigenvalue weighted by Crippen LogP contribution is -2.53. The highest BCUT2D eigenvalue weighted by atomic mass is 19.1. The number of halogens is 1. The van der Waals surface area contributed by atoms with Gasteiger partial charge in [-0.25, -0.2) is 4.39 Å². The van der Waals surface area contributed by atoms with E-state index in [0.29, 0.717) is 18.7 Å². The summed E-state index contributed by atoms with van der Waals surface area (Å²) >= 11 is 0. The van der Waals surface area contributed by atoms with Gasteiger partial charge in [0.2, 0.25) is 0 Å². The number of hydrogen-bond acceptors (Lipinski definition) is 2. The van der Waals surface area contributed by atoms with Crippen LogP contribution >= 0.6 is 0 Å². The van der Waals surface area contributed by atoms with Gasteiger partial charge in [0.05, 0.1) is 5.52 Å². The fraction of sp³-hybridized carbons (Fsp3) is 0.250. The van der Waals surface area contributed by atoms with Crippen molar-refractivity contribution in [2.75, 3.05) is 13.1 Å². The summed E-state index contributed by atoms with van der Waals surface area (Å²) in [5.41, 5.74) is 0.383. The third kappa shape index (κ3) is 1.31. The van der Waals surface area contributed by atoms with E-state index in [1.165, 1.54) is 0 Å². The zero-order valence-electron chi connectivity index (χ0n) is 8.20. The Balaban J connectivity index is 2.14. The topological polar surface area (TPSA) is 24.9 Å². The van der Waals surface area contributed by atoms with E-state index in [1.807, 2.05) is 30.3 Å². The minimum absolute atomic E-state index is 0.396. The molecule has 0 spiro atoms. The number of alkyl halides is 1. The van der Waals surface area contributed by atoms with Gasteiger partial charge in [0.1, 0.15) is 0 Å². The van der Waals surface area contributed by atoms with E-state index in [-0.39, 0.29) is 0 Å². The lowest BCUT2D eigenvalue weighted by atomic mass is 9.91. The third-order valence-corrected chi connectivity index (χ3v) is 2.92. The highest BCUT2D eigenvalue weighted by Gasteiger charge is 2.39. The SMILES string of the molecule is FC1(c2cnc3ccccc3c2)CNC1. The summed E-state index contributed by atoms with van der Waals surface area (Å²) in [6.45, 7) is 0.792. The largest absolute Gasteiger partial charge is 0.310 e. The zero-order valence-corrected chi connectivity index (χ0v) is 8.20. The molecule has 3 heteroatoms. The molecule has 76 valence electrons. The molecule has 0 unspecified atom stereocenters. The first kappa shape index (κ1) is 8.80. The van der Waals surface area contributed by atoms with Gasteiger partial charge in [-0.3, -0.25) is 4.98 Å². The monoisotopic (exact) mass is 202 g/mol. The van der Waals surface area contributed by atoms with Crippen LogP contribution < -0.4 is 5.32 Å². The van der Waals surface area contributed by atoms with Gasteiger partial charge in [0, 0.05) is 30.2 Å². The number of aromatic nitrogens is 1. The summed E-state index contributed by atoms with van der Waals surface area (Å²) < 4.78 is 14.1. The molecule has 1 aromatic carbocycles. The predicted octanol–water partition coefficient (Wildman–Crippen LogP) is 2.00. The van der Waals surface area contributed by atoms with Crippen molar-refractivity contribution in [3.05, 3.63) is 42.1 Å². The van der Waals surface area contributed by atoms with Crippen molar-refractivity contribution < 1.29 is 4.39 Å². The van der Waals surface area contributed by atoms with E-state index >= 15 is 0 Å². The van der Waals surface area contributed by atoms with Crippen LogP contribution in [0.3, 0.4) is 0 Å². The number of nitrogens with one attached hydrogen (secondary N) is 1. The van der Waals surface area contributed by atoms with Gasteiger partial charge < -0.3 is 5.32 Å². The number of fused-ring (bicyclic) bond motifs is 1. The Bertz CT molecular complexity index is 506. The van der Waals surface area contributed by atoms with Crippen molar-refractivity contribution in [2.24, 2.45) is 0 Å². The molecule has 0 aliphatic carbocycles. The normalized spacial score (nSPS) is 18.7. The standard InChI is InChI=1S/C12H11FN2/c13-12(7-14-8-12)10-5-9-3-1-2-4-11(9)15-6-10/h1-6,14H,7-8H2. The second-order valence-electron chi connectivity index (χ2n) is 3.99. The van der Waals surface area contributed by atoms with Gasteiger partial charge in [0.25, 0.3) is 0 Å². The summed E-state index contributed by atoms with van der Waals surface area (Å²) in [7, 11) is 0. The molecule has 3 rings (SSSR count). The lowest BCUT2D eigenvalue weighted by Gasteiger charge is -2.35. The van der Waals surface area contributed by atoms with Crippen molar-refractivity contribution in [2.45, 2.75) is 5.67 Å². The molecule has 1 fully saturated rings. The Morgan fingerprint density at radius 3 is 2.80 bits per heavy atom. The van der Waals surface area contributed by atoms with Crippen LogP contribution in [0.5, 0.6) is 0 Å². The van der Waals surface area contributed by atoms with Gasteiger partial charge in [0.15, 0.2) is 5.67 Å². The quantitative estimate of drug-likeness (QED) is 0.765. The smallest absolute Gasteiger partial charge is 0.162 e. The van der Waals surface area contributed by atoms with E-state index in [1.54, 1.807) is 6.20 Å². The second kappa shape index (κ2) is 3.00. The second-order valence-corrected chi connectivity index (χ2v) is 3.99. The highest BCUT2D eigenvalue weighted by molar-refractivity contribution is 5.79. The maximum atomic E-state index is 14.1. The Morgan fingerprint density at radius 1 is 1.27 bits per heavy atom. The van der Waals surface area contributed by atoms with Gasteiger partial charge in [-0.1, -0.05) is 18.2 Å². The number of benzene rings is 1. The van der Waals surface area contributed by atoms with Crippen LogP contribution in [0.2, 0.25) is 0 Å². The first-order valence-corrected chi connectivity index (χ1v) is 5.03. The maximum Gasteiger partial charge on any atom is 0.162 e. The number of hydrogen-bond donors (Lipinski definition) is 1. The van der Waals surface area contributed by atoms with Crippen LogP contribution in [-0.2, 0) is 5.67 Å². The van der Waals surface area contributed by atoms with Crippen LogP contribution in [0.4, 0.5) is 4.39 Å². The van der Waals surface area contributed by atoms with Gasteiger partial charge >= 0.3 is 0 Å². The molecule has 0 saturated carbocycles. The van der Waals surface area contributed by atoms with Crippen molar-refractivity contribution in [1.82, 2.24) is 10.3 Å². The van der Waals surface area contributed by atoms with E-state index in [2.05, 4.69) is 10.3 Å². The molecule has 15 heavy (non-hydrogen) atoms. The third-order valence-electron chi connectivity index (χ3n) is 2.92. The van der Waals surface area contributed by atoms with E-state index in [9.17, 15) is 4.39 Å². The molecule has 2 heterocycles. The molecule has 1 N–H and O–H groups in total. The summed E-state index contributed by atoms with van der Waals surface area (Å²) in [6, 6.07) is 9.66. The van der Waals surface area contributed by atoms with Crippen LogP contribution in [0.25, 0.3) is 10.9 Å². The number of nitrogens with zero attached hydrogens (tertiary/aromatic N) is 1. The Hall–Kier alpha value is -1.48. The fourth-order valence-electron chi connectivity index (χ4n) is 1.86. The van der Waals surface area contributed by atoms with Crippen molar-refractivity contribution >= 4 is 10.9 Å². The van der Waals surface area contributed by atoms with Crippen LogP contribution in [0.15, 0.2) is 36.5 Å². The molecule has 2 nitrogen and oxygen atoms in total. The Kier molecular flexibility index (Phi) is 1.76. The van der Waals surface area contributed by atoms with E-state index < -0.39 is 5.67 Å². The molecule has 1 aliphatic rings. The summed E-state index contributed by atoms with van der Waals surface area (Å²) in [5, 5.41) is 3.94.